The first-order valence-electron chi connectivity index (χ1n) is 6.49. The summed E-state index contributed by atoms with van der Waals surface area (Å²) in [5, 5.41) is 15.0. The minimum atomic E-state index is -0.775. The van der Waals surface area contributed by atoms with E-state index < -0.39 is 5.97 Å². The smallest absolute Gasteiger partial charge is 0.303 e. The number of aryl methyl sites for hydroxylation is 1. The van der Waals surface area contributed by atoms with Gasteiger partial charge in [0.2, 0.25) is 0 Å². The van der Waals surface area contributed by atoms with Crippen LogP contribution in [0.5, 0.6) is 0 Å². The topological polar surface area (TPSA) is 62.2 Å². The maximum atomic E-state index is 10.5. The molecule has 0 aromatic carbocycles. The van der Waals surface area contributed by atoms with Gasteiger partial charge in [0.05, 0.1) is 12.1 Å². The van der Waals surface area contributed by atoms with Gasteiger partial charge in [0.1, 0.15) is 0 Å². The third-order valence-corrected chi connectivity index (χ3v) is 4.36. The van der Waals surface area contributed by atoms with Crippen LogP contribution in [0.2, 0.25) is 0 Å². The van der Waals surface area contributed by atoms with E-state index in [1.54, 1.807) is 11.3 Å². The normalized spacial score (nSPS) is 11.5. The minimum Gasteiger partial charge on any atom is -0.481 e. The molecule has 0 bridgehead atoms. The number of thiazole rings is 1. The summed E-state index contributed by atoms with van der Waals surface area (Å²) in [5.41, 5.74) is 0.976. The van der Waals surface area contributed by atoms with Gasteiger partial charge in [-0.05, 0) is 19.3 Å². The highest BCUT2D eigenvalue weighted by atomic mass is 32.1. The van der Waals surface area contributed by atoms with Crippen molar-refractivity contribution in [3.63, 3.8) is 0 Å². The zero-order valence-corrected chi connectivity index (χ0v) is 12.1. The van der Waals surface area contributed by atoms with Crippen molar-refractivity contribution in [3.05, 3.63) is 11.1 Å². The van der Waals surface area contributed by atoms with E-state index in [2.05, 4.69) is 31.1 Å². The molecule has 0 saturated heterocycles. The van der Waals surface area contributed by atoms with Gasteiger partial charge in [-0.2, -0.15) is 0 Å². The van der Waals surface area contributed by atoms with Gasteiger partial charge in [0, 0.05) is 17.3 Å². The maximum Gasteiger partial charge on any atom is 0.303 e. The molecule has 18 heavy (non-hydrogen) atoms. The summed E-state index contributed by atoms with van der Waals surface area (Å²) in [6.07, 6.45) is 3.83. The van der Waals surface area contributed by atoms with Gasteiger partial charge in [0.15, 0.2) is 5.13 Å². The Morgan fingerprint density at radius 2 is 2.00 bits per heavy atom. The van der Waals surface area contributed by atoms with Crippen LogP contribution in [0.15, 0.2) is 5.38 Å². The number of hydrogen-bond acceptors (Lipinski definition) is 4. The first kappa shape index (κ1) is 15.0. The molecular weight excluding hydrogens is 248 g/mol. The van der Waals surface area contributed by atoms with E-state index in [4.69, 9.17) is 5.11 Å². The molecule has 2 N–H and O–H groups in total. The second-order valence-electron chi connectivity index (χ2n) is 4.50. The van der Waals surface area contributed by atoms with Gasteiger partial charge in [0.25, 0.3) is 0 Å². The molecule has 0 aliphatic carbocycles. The zero-order valence-electron chi connectivity index (χ0n) is 11.3. The molecule has 0 saturated carbocycles. The zero-order chi connectivity index (χ0) is 13.6. The Hall–Kier alpha value is -1.10. The van der Waals surface area contributed by atoms with Gasteiger partial charge in [-0.1, -0.05) is 20.8 Å². The van der Waals surface area contributed by atoms with Crippen LogP contribution in [0.4, 0.5) is 5.13 Å². The largest absolute Gasteiger partial charge is 0.481 e. The van der Waals surface area contributed by atoms with E-state index in [1.165, 1.54) is 0 Å². The second-order valence-corrected chi connectivity index (χ2v) is 5.36. The van der Waals surface area contributed by atoms with Crippen LogP contribution < -0.4 is 5.32 Å². The van der Waals surface area contributed by atoms with Crippen LogP contribution in [-0.2, 0) is 11.2 Å². The summed E-state index contributed by atoms with van der Waals surface area (Å²) in [4.78, 5) is 15.0. The van der Waals surface area contributed by atoms with E-state index >= 15 is 0 Å². The van der Waals surface area contributed by atoms with Gasteiger partial charge in [-0.3, -0.25) is 4.79 Å². The molecule has 0 atom stereocenters. The third kappa shape index (κ3) is 3.98. The monoisotopic (exact) mass is 270 g/mol. The van der Waals surface area contributed by atoms with Crippen molar-refractivity contribution in [2.24, 2.45) is 0 Å². The summed E-state index contributed by atoms with van der Waals surface area (Å²) in [7, 11) is 0. The Morgan fingerprint density at radius 3 is 2.50 bits per heavy atom. The fourth-order valence-corrected chi connectivity index (χ4v) is 2.82. The number of aromatic nitrogens is 1. The summed E-state index contributed by atoms with van der Waals surface area (Å²) in [6, 6.07) is 0. The molecule has 0 aliphatic heterocycles. The molecule has 0 unspecified atom stereocenters. The number of nitrogens with one attached hydrogen (secondary N) is 1. The van der Waals surface area contributed by atoms with Crippen LogP contribution in [0.3, 0.4) is 0 Å². The first-order valence-corrected chi connectivity index (χ1v) is 7.37. The number of aliphatic carboxylic acids is 1. The average Bonchev–Trinajstić information content (AvgIpc) is 2.81. The maximum absolute atomic E-state index is 10.5. The molecule has 0 aliphatic rings. The molecule has 0 spiro atoms. The van der Waals surface area contributed by atoms with Crippen molar-refractivity contribution >= 4 is 22.4 Å². The Bertz CT molecular complexity index is 378. The summed E-state index contributed by atoms with van der Waals surface area (Å²) in [6.45, 7) is 6.54. The Labute approximate surface area is 112 Å². The third-order valence-electron chi connectivity index (χ3n) is 3.55. The molecule has 1 aromatic rings. The quantitative estimate of drug-likeness (QED) is 0.758. The Balaban J connectivity index is 2.65. The van der Waals surface area contributed by atoms with Crippen molar-refractivity contribution in [3.8, 4) is 0 Å². The predicted molar refractivity (Wildman–Crippen MR) is 75.3 cm³/mol. The highest BCUT2D eigenvalue weighted by Gasteiger charge is 2.24. The van der Waals surface area contributed by atoms with Crippen LogP contribution in [0.1, 0.15) is 52.1 Å². The average molecular weight is 270 g/mol. The van der Waals surface area contributed by atoms with Gasteiger partial charge in [-0.25, -0.2) is 4.98 Å². The van der Waals surface area contributed by atoms with Gasteiger partial charge >= 0.3 is 5.97 Å². The van der Waals surface area contributed by atoms with Crippen molar-refractivity contribution in [1.29, 1.82) is 0 Å². The molecule has 1 aromatic heterocycles. The second kappa shape index (κ2) is 6.73. The molecule has 1 rings (SSSR count). The number of carboxylic acids is 1. The van der Waals surface area contributed by atoms with Crippen molar-refractivity contribution in [2.45, 2.75) is 58.4 Å². The van der Waals surface area contributed by atoms with E-state index in [9.17, 15) is 4.79 Å². The molecule has 0 fully saturated rings. The lowest BCUT2D eigenvalue weighted by molar-refractivity contribution is -0.136. The van der Waals surface area contributed by atoms with E-state index in [-0.39, 0.29) is 12.0 Å². The van der Waals surface area contributed by atoms with Crippen molar-refractivity contribution in [2.75, 3.05) is 5.32 Å². The number of anilines is 1. The lowest BCUT2D eigenvalue weighted by Gasteiger charge is -2.31. The summed E-state index contributed by atoms with van der Waals surface area (Å²) >= 11 is 1.56. The first-order chi connectivity index (χ1) is 8.55. The lowest BCUT2D eigenvalue weighted by Crippen LogP contribution is -2.36. The molecular formula is C13H22N2O2S. The van der Waals surface area contributed by atoms with Crippen LogP contribution in [-0.4, -0.2) is 21.6 Å². The lowest BCUT2D eigenvalue weighted by atomic mass is 9.90. The fourth-order valence-electron chi connectivity index (χ4n) is 1.96. The highest BCUT2D eigenvalue weighted by molar-refractivity contribution is 7.13. The van der Waals surface area contributed by atoms with Crippen LogP contribution >= 0.6 is 11.3 Å². The van der Waals surface area contributed by atoms with E-state index in [1.807, 2.05) is 5.38 Å². The number of nitrogens with zero attached hydrogens (tertiary/aromatic N) is 1. The summed E-state index contributed by atoms with van der Waals surface area (Å²) < 4.78 is 0. The highest BCUT2D eigenvalue weighted by Crippen LogP contribution is 2.27. The number of carboxylic acid groups (broad SMARTS) is 1. The Kier molecular flexibility index (Phi) is 5.59. The number of hydrogen-bond donors (Lipinski definition) is 2. The molecule has 5 heteroatoms. The number of rotatable bonds is 8. The molecule has 102 valence electrons. The van der Waals surface area contributed by atoms with Crippen LogP contribution in [0, 0.1) is 0 Å². The fraction of sp³-hybridized carbons (Fsp3) is 0.692. The minimum absolute atomic E-state index is 0.113. The predicted octanol–water partition coefficient (Wildman–Crippen LogP) is 3.54. The van der Waals surface area contributed by atoms with Gasteiger partial charge in [-0.15, -0.1) is 11.3 Å². The number of carbonyl (C=O) groups is 1. The standard InChI is InChI=1S/C13H22N2O2S/c1-4-13(5-2,6-3)15-12-14-10(9-18-12)7-8-11(16)17/h9H,4-8H2,1-3H3,(H,14,15)(H,16,17). The molecule has 1 heterocycles. The SMILES string of the molecule is CCC(CC)(CC)Nc1nc(CCC(=O)O)cs1. The Morgan fingerprint density at radius 1 is 1.39 bits per heavy atom. The van der Waals surface area contributed by atoms with Crippen molar-refractivity contribution in [1.82, 2.24) is 4.98 Å². The van der Waals surface area contributed by atoms with Crippen LogP contribution in [0.25, 0.3) is 0 Å². The molecule has 0 amide bonds. The summed E-state index contributed by atoms with van der Waals surface area (Å²) in [5.74, 6) is -0.775. The van der Waals surface area contributed by atoms with E-state index in [0.717, 1.165) is 30.1 Å². The van der Waals surface area contributed by atoms with E-state index in [0.29, 0.717) is 6.42 Å². The molecule has 4 nitrogen and oxygen atoms in total. The van der Waals surface area contributed by atoms with Gasteiger partial charge < -0.3 is 10.4 Å². The molecule has 0 radical (unpaired) electrons. The van der Waals surface area contributed by atoms with Crippen molar-refractivity contribution < 1.29 is 9.90 Å².